The van der Waals surface area contributed by atoms with Crippen molar-refractivity contribution in [1.29, 1.82) is 0 Å². The molecule has 0 bridgehead atoms. The van der Waals surface area contributed by atoms with Gasteiger partial charge in [-0.3, -0.25) is 9.88 Å². The molecule has 0 N–H and O–H groups in total. The monoisotopic (exact) mass is 330 g/mol. The van der Waals surface area contributed by atoms with Gasteiger partial charge in [-0.25, -0.2) is 4.79 Å². The minimum absolute atomic E-state index is 0.242. The van der Waals surface area contributed by atoms with Crippen molar-refractivity contribution < 1.29 is 9.53 Å². The van der Waals surface area contributed by atoms with Crippen LogP contribution in [0.5, 0.6) is 0 Å². The molecule has 4 heterocycles. The van der Waals surface area contributed by atoms with Crippen molar-refractivity contribution in [2.75, 3.05) is 39.3 Å². The average Bonchev–Trinajstić information content (AvgIpc) is 3.29. The number of aromatic nitrogens is 1. The van der Waals surface area contributed by atoms with Crippen LogP contribution in [0.4, 0.5) is 4.79 Å². The molecule has 6 heteroatoms. The molecular formula is C18H26N4O2. The van der Waals surface area contributed by atoms with Gasteiger partial charge in [0, 0.05) is 57.7 Å². The number of ether oxygens (including phenoxy) is 1. The molecule has 3 saturated heterocycles. The summed E-state index contributed by atoms with van der Waals surface area (Å²) in [6.07, 6.45) is 7.23. The first-order chi connectivity index (χ1) is 11.8. The summed E-state index contributed by atoms with van der Waals surface area (Å²) in [7, 11) is 0. The van der Waals surface area contributed by atoms with Crippen molar-refractivity contribution in [3.63, 3.8) is 0 Å². The van der Waals surface area contributed by atoms with Gasteiger partial charge in [0.2, 0.25) is 0 Å². The van der Waals surface area contributed by atoms with E-state index in [-0.39, 0.29) is 12.1 Å². The van der Waals surface area contributed by atoms with Gasteiger partial charge in [-0.2, -0.15) is 0 Å². The minimum Gasteiger partial charge on any atom is -0.372 e. The van der Waals surface area contributed by atoms with Crippen molar-refractivity contribution in [1.82, 2.24) is 19.7 Å². The summed E-state index contributed by atoms with van der Waals surface area (Å²) >= 11 is 0. The van der Waals surface area contributed by atoms with Crippen molar-refractivity contribution in [3.8, 4) is 0 Å². The molecule has 1 aromatic heterocycles. The molecule has 0 saturated carbocycles. The molecule has 3 fully saturated rings. The van der Waals surface area contributed by atoms with Gasteiger partial charge in [0.05, 0.1) is 12.7 Å². The molecule has 0 spiro atoms. The molecule has 2 amide bonds. The molecule has 4 rings (SSSR count). The van der Waals surface area contributed by atoms with Crippen LogP contribution >= 0.6 is 0 Å². The fourth-order valence-corrected chi connectivity index (χ4v) is 4.10. The predicted molar refractivity (Wildman–Crippen MR) is 90.6 cm³/mol. The maximum atomic E-state index is 12.6. The second-order valence-corrected chi connectivity index (χ2v) is 7.10. The summed E-state index contributed by atoms with van der Waals surface area (Å²) in [5, 5.41) is 0. The van der Waals surface area contributed by atoms with Crippen LogP contribution < -0.4 is 0 Å². The Morgan fingerprint density at radius 2 is 2.04 bits per heavy atom. The zero-order valence-electron chi connectivity index (χ0n) is 14.1. The van der Waals surface area contributed by atoms with Crippen LogP contribution in [0.2, 0.25) is 0 Å². The van der Waals surface area contributed by atoms with Crippen LogP contribution in [0.25, 0.3) is 0 Å². The first-order valence-electron chi connectivity index (χ1n) is 9.08. The van der Waals surface area contributed by atoms with E-state index in [0.29, 0.717) is 12.6 Å². The van der Waals surface area contributed by atoms with Gasteiger partial charge in [0.1, 0.15) is 0 Å². The van der Waals surface area contributed by atoms with E-state index in [0.717, 1.165) is 64.1 Å². The summed E-state index contributed by atoms with van der Waals surface area (Å²) in [6, 6.07) is 4.68. The summed E-state index contributed by atoms with van der Waals surface area (Å²) < 4.78 is 6.08. The highest BCUT2D eigenvalue weighted by molar-refractivity contribution is 5.75. The third-order valence-electron chi connectivity index (χ3n) is 5.43. The number of nitrogens with zero attached hydrogens (tertiary/aromatic N) is 4. The molecule has 0 radical (unpaired) electrons. The fourth-order valence-electron chi connectivity index (χ4n) is 4.10. The molecule has 3 aliphatic heterocycles. The number of rotatable bonds is 3. The van der Waals surface area contributed by atoms with Crippen LogP contribution in [0, 0.1) is 0 Å². The van der Waals surface area contributed by atoms with Crippen LogP contribution in [-0.4, -0.2) is 77.1 Å². The number of likely N-dealkylation sites (tertiary alicyclic amines) is 1. The Morgan fingerprint density at radius 1 is 1.17 bits per heavy atom. The Balaban J connectivity index is 1.28. The Morgan fingerprint density at radius 3 is 2.83 bits per heavy atom. The number of fused-ring (bicyclic) bond motifs is 1. The second-order valence-electron chi connectivity index (χ2n) is 7.10. The normalized spacial score (nSPS) is 27.5. The molecule has 24 heavy (non-hydrogen) atoms. The van der Waals surface area contributed by atoms with Crippen LogP contribution in [0.15, 0.2) is 24.5 Å². The first kappa shape index (κ1) is 15.8. The number of piperazine rings is 1. The Hall–Kier alpha value is -1.66. The van der Waals surface area contributed by atoms with Crippen LogP contribution in [-0.2, 0) is 11.3 Å². The largest absolute Gasteiger partial charge is 0.372 e. The molecule has 6 nitrogen and oxygen atoms in total. The third kappa shape index (κ3) is 3.39. The van der Waals surface area contributed by atoms with E-state index in [1.165, 1.54) is 0 Å². The molecule has 130 valence electrons. The maximum absolute atomic E-state index is 12.6. The van der Waals surface area contributed by atoms with E-state index in [4.69, 9.17) is 4.74 Å². The predicted octanol–water partition coefficient (Wildman–Crippen LogP) is 1.57. The van der Waals surface area contributed by atoms with E-state index in [9.17, 15) is 4.79 Å². The van der Waals surface area contributed by atoms with Crippen LogP contribution in [0.3, 0.4) is 0 Å². The SMILES string of the molecule is O=C(N1CCCC1)N1CCN2C[C@@H](OCc3cccnc3)C[C@H]2C1. The van der Waals surface area contributed by atoms with Gasteiger partial charge in [0.15, 0.2) is 0 Å². The van der Waals surface area contributed by atoms with Gasteiger partial charge < -0.3 is 14.5 Å². The lowest BCUT2D eigenvalue weighted by Crippen LogP contribution is -2.54. The lowest BCUT2D eigenvalue weighted by molar-refractivity contribution is 0.0460. The average molecular weight is 330 g/mol. The number of hydrogen-bond acceptors (Lipinski definition) is 4. The molecule has 0 aliphatic carbocycles. The standard InChI is InChI=1S/C18H26N4O2/c23-18(20-6-1-2-7-20)22-9-8-21-13-17(10-16(21)12-22)24-14-15-4-3-5-19-11-15/h3-5,11,16-17H,1-2,6-10,12-14H2/t16-,17-/m0/s1. The highest BCUT2D eigenvalue weighted by Gasteiger charge is 2.38. The molecule has 0 unspecified atom stereocenters. The summed E-state index contributed by atoms with van der Waals surface area (Å²) in [4.78, 5) is 23.3. The van der Waals surface area contributed by atoms with Crippen molar-refractivity contribution >= 4 is 6.03 Å². The number of hydrogen-bond donors (Lipinski definition) is 0. The lowest BCUT2D eigenvalue weighted by atomic mass is 10.1. The van der Waals surface area contributed by atoms with Gasteiger partial charge in [0.25, 0.3) is 0 Å². The van der Waals surface area contributed by atoms with Crippen molar-refractivity contribution in [3.05, 3.63) is 30.1 Å². The van der Waals surface area contributed by atoms with Gasteiger partial charge in [-0.05, 0) is 30.9 Å². The number of amides is 2. The Kier molecular flexibility index (Phi) is 4.67. The van der Waals surface area contributed by atoms with E-state index in [1.54, 1.807) is 6.20 Å². The summed E-state index contributed by atoms with van der Waals surface area (Å²) in [5.41, 5.74) is 1.12. The number of pyridine rings is 1. The van der Waals surface area contributed by atoms with E-state index >= 15 is 0 Å². The second kappa shape index (κ2) is 7.07. The van der Waals surface area contributed by atoms with E-state index in [1.807, 2.05) is 23.2 Å². The first-order valence-corrected chi connectivity index (χ1v) is 9.08. The topological polar surface area (TPSA) is 48.9 Å². The number of carbonyl (C=O) groups is 1. The quantitative estimate of drug-likeness (QED) is 0.844. The fraction of sp³-hybridized carbons (Fsp3) is 0.667. The van der Waals surface area contributed by atoms with Gasteiger partial charge >= 0.3 is 6.03 Å². The highest BCUT2D eigenvalue weighted by atomic mass is 16.5. The summed E-state index contributed by atoms with van der Waals surface area (Å²) in [6.45, 7) is 6.13. The van der Waals surface area contributed by atoms with Gasteiger partial charge in [-0.1, -0.05) is 6.07 Å². The zero-order valence-corrected chi connectivity index (χ0v) is 14.1. The van der Waals surface area contributed by atoms with E-state index in [2.05, 4.69) is 14.8 Å². The lowest BCUT2D eigenvalue weighted by Gasteiger charge is -2.38. The Bertz CT molecular complexity index is 561. The van der Waals surface area contributed by atoms with Crippen molar-refractivity contribution in [2.45, 2.75) is 38.0 Å². The summed E-state index contributed by atoms with van der Waals surface area (Å²) in [5.74, 6) is 0. The molecular weight excluding hydrogens is 304 g/mol. The maximum Gasteiger partial charge on any atom is 0.320 e. The minimum atomic E-state index is 0.242. The molecule has 0 aromatic carbocycles. The Labute approximate surface area is 143 Å². The van der Waals surface area contributed by atoms with Gasteiger partial charge in [-0.15, -0.1) is 0 Å². The molecule has 1 aromatic rings. The number of carbonyl (C=O) groups excluding carboxylic acids is 1. The van der Waals surface area contributed by atoms with Crippen molar-refractivity contribution in [2.24, 2.45) is 0 Å². The molecule has 2 atom stereocenters. The van der Waals surface area contributed by atoms with E-state index < -0.39 is 0 Å². The smallest absolute Gasteiger partial charge is 0.320 e. The zero-order chi connectivity index (χ0) is 16.4. The molecule has 3 aliphatic rings. The highest BCUT2D eigenvalue weighted by Crippen LogP contribution is 2.25. The number of urea groups is 1. The third-order valence-corrected chi connectivity index (χ3v) is 5.43. The van der Waals surface area contributed by atoms with Crippen LogP contribution in [0.1, 0.15) is 24.8 Å².